The normalized spacial score (nSPS) is 11.9. The van der Waals surface area contributed by atoms with Gasteiger partial charge in [-0.25, -0.2) is 9.97 Å². The topological polar surface area (TPSA) is 43.1 Å². The summed E-state index contributed by atoms with van der Waals surface area (Å²) in [5.74, 6) is 0. The number of fused-ring (bicyclic) bond motifs is 8. The molecule has 0 fully saturated rings. The van der Waals surface area contributed by atoms with Gasteiger partial charge in [0.2, 0.25) is 0 Å². The quantitative estimate of drug-likeness (QED) is 0.236. The van der Waals surface area contributed by atoms with Gasteiger partial charge in [0, 0.05) is 38.8 Å². The fraction of sp³-hybridized carbons (Fsp3) is 0. The summed E-state index contributed by atoms with van der Waals surface area (Å²) in [6.07, 6.45) is 4.03. The van der Waals surface area contributed by atoms with E-state index in [0.29, 0.717) is 0 Å². The summed E-state index contributed by atoms with van der Waals surface area (Å²) in [6, 6.07) is 33.8. The second-order valence-electron chi connectivity index (χ2n) is 9.00. The Morgan fingerprint density at radius 3 is 2.44 bits per heavy atom. The molecule has 168 valence electrons. The van der Waals surface area contributed by atoms with Crippen LogP contribution in [0.5, 0.6) is 0 Å². The maximum atomic E-state index is 5.04. The van der Waals surface area contributed by atoms with Gasteiger partial charge < -0.3 is 0 Å². The molecule has 3 aromatic carbocycles. The molecule has 0 aliphatic rings. The molecule has 0 saturated carbocycles. The van der Waals surface area contributed by atoms with Crippen LogP contribution in [0.25, 0.3) is 70.3 Å². The van der Waals surface area contributed by atoms with Crippen molar-refractivity contribution < 1.29 is 0 Å². The number of aromatic nitrogens is 4. The molecule has 0 aliphatic heterocycles. The predicted molar refractivity (Wildman–Crippen MR) is 150 cm³/mol. The van der Waals surface area contributed by atoms with Crippen molar-refractivity contribution in [3.05, 3.63) is 109 Å². The highest BCUT2D eigenvalue weighted by Crippen LogP contribution is 2.35. The van der Waals surface area contributed by atoms with E-state index in [9.17, 15) is 0 Å². The summed E-state index contributed by atoms with van der Waals surface area (Å²) in [5.41, 5.74) is 8.23. The summed E-state index contributed by atoms with van der Waals surface area (Å²) in [5, 5.41) is 3.41. The standard InChI is InChI=1S/C31H18N4S/c1-2-9-26-24(8-1)30-31(36-26)35-18-23(13-15-27(35)34-30)21-5-3-6-22(17-21)25-14-12-20-11-10-19-7-4-16-32-28(19)29(20)33-25/h1-18H. The number of hydrogen-bond donors (Lipinski definition) is 0. The Morgan fingerprint density at radius 2 is 1.47 bits per heavy atom. The van der Waals surface area contributed by atoms with Crippen molar-refractivity contribution in [2.24, 2.45) is 0 Å². The second kappa shape index (κ2) is 7.44. The highest BCUT2D eigenvalue weighted by molar-refractivity contribution is 7.25. The molecule has 0 spiro atoms. The minimum absolute atomic E-state index is 0.933. The van der Waals surface area contributed by atoms with Crippen LogP contribution < -0.4 is 0 Å². The van der Waals surface area contributed by atoms with Crippen LogP contribution in [0, 0.1) is 0 Å². The average molecular weight is 479 g/mol. The Balaban J connectivity index is 1.27. The van der Waals surface area contributed by atoms with E-state index in [2.05, 4.69) is 107 Å². The van der Waals surface area contributed by atoms with Crippen LogP contribution in [0.1, 0.15) is 0 Å². The number of imidazole rings is 1. The van der Waals surface area contributed by atoms with Crippen molar-refractivity contribution in [3.63, 3.8) is 0 Å². The Kier molecular flexibility index (Phi) is 4.07. The van der Waals surface area contributed by atoms with E-state index in [1.807, 2.05) is 12.3 Å². The number of nitrogens with zero attached hydrogens (tertiary/aromatic N) is 4. The molecule has 0 amide bonds. The fourth-order valence-corrected chi connectivity index (χ4v) is 6.19. The zero-order valence-corrected chi connectivity index (χ0v) is 19.9. The zero-order valence-electron chi connectivity index (χ0n) is 19.1. The van der Waals surface area contributed by atoms with Crippen molar-refractivity contribution in [1.29, 1.82) is 0 Å². The van der Waals surface area contributed by atoms with Crippen LogP contribution >= 0.6 is 11.3 Å². The number of thiophene rings is 1. The van der Waals surface area contributed by atoms with Crippen LogP contribution in [-0.4, -0.2) is 19.4 Å². The van der Waals surface area contributed by atoms with Crippen molar-refractivity contribution in [2.45, 2.75) is 0 Å². The summed E-state index contributed by atoms with van der Waals surface area (Å²) in [7, 11) is 0. The van der Waals surface area contributed by atoms with Crippen LogP contribution in [0.2, 0.25) is 0 Å². The summed E-state index contributed by atoms with van der Waals surface area (Å²) >= 11 is 1.79. The third-order valence-corrected chi connectivity index (χ3v) is 8.01. The van der Waals surface area contributed by atoms with Gasteiger partial charge in [0.05, 0.1) is 16.7 Å². The number of hydrogen-bond acceptors (Lipinski definition) is 4. The van der Waals surface area contributed by atoms with Gasteiger partial charge in [0.1, 0.15) is 16.0 Å². The third kappa shape index (κ3) is 2.90. The lowest BCUT2D eigenvalue weighted by molar-refractivity contribution is 1.24. The SMILES string of the molecule is c1cc(-c2ccc3nc4c5ccccc5sc4n3c2)cc(-c2ccc3ccc4cccnc4c3n2)c1. The lowest BCUT2D eigenvalue weighted by atomic mass is 10.0. The van der Waals surface area contributed by atoms with E-state index in [1.165, 1.54) is 14.9 Å². The second-order valence-corrected chi connectivity index (χ2v) is 10.0. The van der Waals surface area contributed by atoms with Crippen LogP contribution in [0.15, 0.2) is 109 Å². The molecular formula is C31H18N4S. The predicted octanol–water partition coefficient (Wildman–Crippen LogP) is 8.13. The Labute approximate surface area is 210 Å². The molecule has 0 radical (unpaired) electrons. The largest absolute Gasteiger partial charge is 0.290 e. The molecule has 0 N–H and O–H groups in total. The maximum absolute atomic E-state index is 5.04. The Morgan fingerprint density at radius 1 is 0.611 bits per heavy atom. The average Bonchev–Trinajstić information content (AvgIpc) is 3.49. The van der Waals surface area contributed by atoms with Crippen LogP contribution in [0.3, 0.4) is 0 Å². The molecule has 4 nitrogen and oxygen atoms in total. The molecule has 8 rings (SSSR count). The van der Waals surface area contributed by atoms with E-state index in [0.717, 1.165) is 55.4 Å². The van der Waals surface area contributed by atoms with E-state index in [4.69, 9.17) is 9.97 Å². The van der Waals surface area contributed by atoms with Crippen molar-refractivity contribution in [3.8, 4) is 22.4 Å². The van der Waals surface area contributed by atoms with Gasteiger partial charge in [0.15, 0.2) is 0 Å². The monoisotopic (exact) mass is 478 g/mol. The Hall–Kier alpha value is -4.61. The first-order valence-electron chi connectivity index (χ1n) is 11.9. The molecular weight excluding hydrogens is 460 g/mol. The summed E-state index contributed by atoms with van der Waals surface area (Å²) in [4.78, 5) is 15.7. The molecule has 0 atom stereocenters. The minimum atomic E-state index is 0.933. The maximum Gasteiger partial charge on any atom is 0.138 e. The van der Waals surface area contributed by atoms with Crippen molar-refractivity contribution in [1.82, 2.24) is 19.4 Å². The van der Waals surface area contributed by atoms with Crippen LogP contribution in [0.4, 0.5) is 0 Å². The summed E-state index contributed by atoms with van der Waals surface area (Å²) < 4.78 is 3.48. The first-order valence-corrected chi connectivity index (χ1v) is 12.7. The van der Waals surface area contributed by atoms with Gasteiger partial charge in [-0.3, -0.25) is 9.38 Å². The molecule has 36 heavy (non-hydrogen) atoms. The molecule has 5 aromatic heterocycles. The highest BCUT2D eigenvalue weighted by atomic mass is 32.1. The molecule has 0 saturated heterocycles. The molecule has 5 heteroatoms. The fourth-order valence-electron chi connectivity index (χ4n) is 5.06. The Bertz CT molecular complexity index is 2120. The number of pyridine rings is 3. The zero-order chi connectivity index (χ0) is 23.6. The van der Waals surface area contributed by atoms with Crippen LogP contribution in [-0.2, 0) is 0 Å². The van der Waals surface area contributed by atoms with Gasteiger partial charge in [-0.15, -0.1) is 11.3 Å². The van der Waals surface area contributed by atoms with E-state index >= 15 is 0 Å². The first kappa shape index (κ1) is 19.7. The van der Waals surface area contributed by atoms with Gasteiger partial charge in [-0.05, 0) is 47.5 Å². The molecule has 8 aromatic rings. The van der Waals surface area contributed by atoms with E-state index in [-0.39, 0.29) is 0 Å². The van der Waals surface area contributed by atoms with Gasteiger partial charge in [-0.2, -0.15) is 0 Å². The third-order valence-electron chi connectivity index (χ3n) is 6.85. The molecule has 5 heterocycles. The lowest BCUT2D eigenvalue weighted by Crippen LogP contribution is -1.90. The highest BCUT2D eigenvalue weighted by Gasteiger charge is 2.13. The molecule has 0 bridgehead atoms. The van der Waals surface area contributed by atoms with Gasteiger partial charge in [-0.1, -0.05) is 60.7 Å². The summed E-state index contributed by atoms with van der Waals surface area (Å²) in [6.45, 7) is 0. The van der Waals surface area contributed by atoms with E-state index < -0.39 is 0 Å². The van der Waals surface area contributed by atoms with Crippen molar-refractivity contribution >= 4 is 59.2 Å². The first-order chi connectivity index (χ1) is 17.8. The smallest absolute Gasteiger partial charge is 0.138 e. The molecule has 0 unspecified atom stereocenters. The number of benzene rings is 3. The van der Waals surface area contributed by atoms with Gasteiger partial charge >= 0.3 is 0 Å². The van der Waals surface area contributed by atoms with Crippen molar-refractivity contribution in [2.75, 3.05) is 0 Å². The number of rotatable bonds is 2. The minimum Gasteiger partial charge on any atom is -0.290 e. The lowest BCUT2D eigenvalue weighted by Gasteiger charge is -2.08. The molecule has 0 aliphatic carbocycles. The van der Waals surface area contributed by atoms with Gasteiger partial charge in [0.25, 0.3) is 0 Å². The van der Waals surface area contributed by atoms with E-state index in [1.54, 1.807) is 11.3 Å².